The Morgan fingerprint density at radius 3 is 2.86 bits per heavy atom. The number of nitrogens with one attached hydrogen (secondary N) is 1. The second-order valence-electron chi connectivity index (χ2n) is 4.95. The molecule has 0 aliphatic carbocycles. The second kappa shape index (κ2) is 9.19. The summed E-state index contributed by atoms with van der Waals surface area (Å²) in [6.07, 6.45) is 3.32. The van der Waals surface area contributed by atoms with Crippen LogP contribution in [0.25, 0.3) is 0 Å². The van der Waals surface area contributed by atoms with Crippen molar-refractivity contribution < 1.29 is 4.79 Å². The molecule has 6 nitrogen and oxygen atoms in total. The minimum Gasteiger partial charge on any atom is -0.355 e. The van der Waals surface area contributed by atoms with Gasteiger partial charge in [-0.25, -0.2) is 4.68 Å². The van der Waals surface area contributed by atoms with Crippen molar-refractivity contribution in [2.75, 3.05) is 12.3 Å². The molecule has 22 heavy (non-hydrogen) atoms. The maximum Gasteiger partial charge on any atom is 0.230 e. The summed E-state index contributed by atoms with van der Waals surface area (Å²) in [5.74, 6) is 0.358. The van der Waals surface area contributed by atoms with E-state index < -0.39 is 0 Å². The lowest BCUT2D eigenvalue weighted by molar-refractivity contribution is -0.118. The molecule has 1 amide bonds. The van der Waals surface area contributed by atoms with E-state index in [4.69, 9.17) is 0 Å². The third-order valence-electron chi connectivity index (χ3n) is 3.11. The van der Waals surface area contributed by atoms with Crippen LogP contribution in [0.3, 0.4) is 0 Å². The Morgan fingerprint density at radius 1 is 1.27 bits per heavy atom. The van der Waals surface area contributed by atoms with Gasteiger partial charge in [0.05, 0.1) is 12.3 Å². The molecule has 0 saturated carbocycles. The fraction of sp³-hybridized carbons (Fsp3) is 0.467. The van der Waals surface area contributed by atoms with Crippen LogP contribution in [0.2, 0.25) is 0 Å². The first-order valence-corrected chi connectivity index (χ1v) is 8.47. The largest absolute Gasteiger partial charge is 0.355 e. The topological polar surface area (TPSA) is 72.7 Å². The van der Waals surface area contributed by atoms with Crippen molar-refractivity contribution in [2.45, 2.75) is 37.9 Å². The summed E-state index contributed by atoms with van der Waals surface area (Å²) in [4.78, 5) is 11.8. The van der Waals surface area contributed by atoms with Gasteiger partial charge in [0, 0.05) is 6.54 Å². The Labute approximate surface area is 134 Å². The Balaban J connectivity index is 1.79. The van der Waals surface area contributed by atoms with Crippen molar-refractivity contribution in [1.29, 1.82) is 0 Å². The Hall–Kier alpha value is -1.89. The number of thioether (sulfide) groups is 1. The van der Waals surface area contributed by atoms with Crippen LogP contribution in [0, 0.1) is 0 Å². The van der Waals surface area contributed by atoms with Gasteiger partial charge in [-0.15, -0.1) is 5.10 Å². The zero-order chi connectivity index (χ0) is 15.6. The molecule has 0 atom stereocenters. The molecule has 1 aromatic heterocycles. The monoisotopic (exact) mass is 319 g/mol. The Morgan fingerprint density at radius 2 is 2.09 bits per heavy atom. The number of hydrogen-bond acceptors (Lipinski definition) is 5. The number of hydrogen-bond donors (Lipinski definition) is 1. The summed E-state index contributed by atoms with van der Waals surface area (Å²) >= 11 is 1.36. The lowest BCUT2D eigenvalue weighted by Crippen LogP contribution is -2.26. The summed E-state index contributed by atoms with van der Waals surface area (Å²) in [5.41, 5.74) is 1.13. The Bertz CT molecular complexity index is 572. The number of tetrazole rings is 1. The van der Waals surface area contributed by atoms with Crippen molar-refractivity contribution >= 4 is 17.7 Å². The average Bonchev–Trinajstić information content (AvgIpc) is 2.98. The van der Waals surface area contributed by atoms with Crippen LogP contribution < -0.4 is 5.32 Å². The summed E-state index contributed by atoms with van der Waals surface area (Å²) < 4.78 is 1.71. The van der Waals surface area contributed by atoms with E-state index in [1.165, 1.54) is 11.8 Å². The van der Waals surface area contributed by atoms with E-state index in [0.29, 0.717) is 17.5 Å². The number of benzene rings is 1. The van der Waals surface area contributed by atoms with Gasteiger partial charge in [-0.1, -0.05) is 61.9 Å². The van der Waals surface area contributed by atoms with E-state index in [2.05, 4.69) is 27.8 Å². The van der Waals surface area contributed by atoms with Gasteiger partial charge in [-0.05, 0) is 22.4 Å². The molecule has 0 fully saturated rings. The zero-order valence-corrected chi connectivity index (χ0v) is 13.6. The zero-order valence-electron chi connectivity index (χ0n) is 12.7. The van der Waals surface area contributed by atoms with E-state index in [9.17, 15) is 4.79 Å². The normalized spacial score (nSPS) is 10.6. The lowest BCUT2D eigenvalue weighted by Gasteiger charge is -2.05. The van der Waals surface area contributed by atoms with Crippen LogP contribution in [-0.4, -0.2) is 38.4 Å². The highest BCUT2D eigenvalue weighted by Gasteiger charge is 2.10. The number of carbonyl (C=O) groups is 1. The first-order valence-electron chi connectivity index (χ1n) is 7.49. The summed E-state index contributed by atoms with van der Waals surface area (Å²) in [6.45, 7) is 3.49. The standard InChI is InChI=1S/C15H21N5OS/c1-2-3-7-10-16-14(21)12-22-15-17-18-19-20(15)11-13-8-5-4-6-9-13/h4-6,8-9H,2-3,7,10-12H2,1H3,(H,16,21). The van der Waals surface area contributed by atoms with Crippen molar-refractivity contribution in [2.24, 2.45) is 0 Å². The van der Waals surface area contributed by atoms with Crippen molar-refractivity contribution in [1.82, 2.24) is 25.5 Å². The predicted octanol–water partition coefficient (Wildman–Crippen LogP) is 2.12. The first kappa shape index (κ1) is 16.5. The maximum absolute atomic E-state index is 11.8. The maximum atomic E-state index is 11.8. The quantitative estimate of drug-likeness (QED) is 0.566. The van der Waals surface area contributed by atoms with Gasteiger partial charge in [-0.3, -0.25) is 4.79 Å². The van der Waals surface area contributed by atoms with Gasteiger partial charge >= 0.3 is 0 Å². The summed E-state index contributed by atoms with van der Waals surface area (Å²) in [7, 11) is 0. The van der Waals surface area contributed by atoms with Crippen molar-refractivity contribution in [3.63, 3.8) is 0 Å². The molecule has 2 rings (SSSR count). The number of nitrogens with zero attached hydrogens (tertiary/aromatic N) is 4. The number of aromatic nitrogens is 4. The Kier molecular flexibility index (Phi) is 6.89. The predicted molar refractivity (Wildman–Crippen MR) is 86.6 cm³/mol. The molecular formula is C15H21N5OS. The molecule has 0 unspecified atom stereocenters. The van der Waals surface area contributed by atoms with Gasteiger partial charge in [0.2, 0.25) is 11.1 Å². The molecule has 0 aliphatic heterocycles. The van der Waals surface area contributed by atoms with Crippen LogP contribution in [0.5, 0.6) is 0 Å². The molecule has 118 valence electrons. The smallest absolute Gasteiger partial charge is 0.230 e. The van der Waals surface area contributed by atoms with Gasteiger partial charge < -0.3 is 5.32 Å². The molecule has 7 heteroatoms. The lowest BCUT2D eigenvalue weighted by atomic mass is 10.2. The number of carbonyl (C=O) groups excluding carboxylic acids is 1. The number of amides is 1. The van der Waals surface area contributed by atoms with Gasteiger partial charge in [0.1, 0.15) is 0 Å². The molecule has 0 bridgehead atoms. The fourth-order valence-corrected chi connectivity index (χ4v) is 2.65. The third kappa shape index (κ3) is 5.48. The molecule has 1 aromatic carbocycles. The van der Waals surface area contributed by atoms with Crippen LogP contribution in [0.15, 0.2) is 35.5 Å². The molecule has 1 heterocycles. The molecule has 0 aliphatic rings. The molecule has 0 radical (unpaired) electrons. The van der Waals surface area contributed by atoms with Crippen LogP contribution in [-0.2, 0) is 11.3 Å². The number of rotatable bonds is 9. The SMILES string of the molecule is CCCCCNC(=O)CSc1nnnn1Cc1ccccc1. The summed E-state index contributed by atoms with van der Waals surface area (Å²) in [5, 5.41) is 15.2. The van der Waals surface area contributed by atoms with E-state index in [0.717, 1.165) is 31.4 Å². The van der Waals surface area contributed by atoms with E-state index in [-0.39, 0.29) is 5.91 Å². The molecule has 1 N–H and O–H groups in total. The molecule has 0 spiro atoms. The average molecular weight is 319 g/mol. The fourth-order valence-electron chi connectivity index (χ4n) is 1.94. The van der Waals surface area contributed by atoms with Gasteiger partial charge in [0.15, 0.2) is 0 Å². The van der Waals surface area contributed by atoms with E-state index in [1.807, 2.05) is 30.3 Å². The van der Waals surface area contributed by atoms with Crippen LogP contribution in [0.1, 0.15) is 31.7 Å². The number of unbranched alkanes of at least 4 members (excludes halogenated alkanes) is 2. The van der Waals surface area contributed by atoms with Crippen LogP contribution >= 0.6 is 11.8 Å². The molecular weight excluding hydrogens is 298 g/mol. The van der Waals surface area contributed by atoms with Crippen LogP contribution in [0.4, 0.5) is 0 Å². The van der Waals surface area contributed by atoms with Gasteiger partial charge in [-0.2, -0.15) is 0 Å². The van der Waals surface area contributed by atoms with Crippen molar-refractivity contribution in [3.8, 4) is 0 Å². The molecule has 0 saturated heterocycles. The van der Waals surface area contributed by atoms with Crippen molar-refractivity contribution in [3.05, 3.63) is 35.9 Å². The highest BCUT2D eigenvalue weighted by molar-refractivity contribution is 7.99. The van der Waals surface area contributed by atoms with E-state index >= 15 is 0 Å². The second-order valence-corrected chi connectivity index (χ2v) is 5.89. The highest BCUT2D eigenvalue weighted by atomic mass is 32.2. The minimum atomic E-state index is 0.0235. The van der Waals surface area contributed by atoms with Gasteiger partial charge in [0.25, 0.3) is 0 Å². The first-order chi connectivity index (χ1) is 10.8. The third-order valence-corrected chi connectivity index (χ3v) is 4.07. The minimum absolute atomic E-state index is 0.0235. The van der Waals surface area contributed by atoms with E-state index in [1.54, 1.807) is 4.68 Å². The summed E-state index contributed by atoms with van der Waals surface area (Å²) in [6, 6.07) is 9.99. The highest BCUT2D eigenvalue weighted by Crippen LogP contribution is 2.14. The molecule has 2 aromatic rings.